The Kier molecular flexibility index (Phi) is 5.58. The van der Waals surface area contributed by atoms with E-state index in [1.807, 2.05) is 4.90 Å². The van der Waals surface area contributed by atoms with Crippen molar-refractivity contribution in [3.05, 3.63) is 29.3 Å². The molecule has 2 heterocycles. The minimum absolute atomic E-state index is 0.108. The molecule has 130 valence electrons. The number of halogens is 1. The Hall–Kier alpha value is -1.79. The Bertz CT molecular complexity index is 579. The van der Waals surface area contributed by atoms with Crippen molar-refractivity contribution < 1.29 is 9.59 Å². The number of urea groups is 1. The van der Waals surface area contributed by atoms with Gasteiger partial charge in [0.1, 0.15) is 0 Å². The van der Waals surface area contributed by atoms with Crippen LogP contribution in [0.4, 0.5) is 10.5 Å². The molecule has 3 amide bonds. The van der Waals surface area contributed by atoms with E-state index >= 15 is 0 Å². The first-order chi connectivity index (χ1) is 11.6. The van der Waals surface area contributed by atoms with E-state index in [2.05, 4.69) is 10.2 Å². The van der Waals surface area contributed by atoms with E-state index in [9.17, 15) is 9.59 Å². The minimum Gasteiger partial charge on any atom is -0.342 e. The molecule has 2 saturated heterocycles. The lowest BCUT2D eigenvalue weighted by molar-refractivity contribution is -0.131. The van der Waals surface area contributed by atoms with Gasteiger partial charge in [0.2, 0.25) is 5.91 Å². The highest BCUT2D eigenvalue weighted by Crippen LogP contribution is 2.14. The monoisotopic (exact) mass is 350 g/mol. The summed E-state index contributed by atoms with van der Waals surface area (Å²) in [5.74, 6) is 0.214. The fourth-order valence-corrected chi connectivity index (χ4v) is 3.23. The van der Waals surface area contributed by atoms with E-state index < -0.39 is 0 Å². The first-order valence-corrected chi connectivity index (χ1v) is 8.81. The summed E-state index contributed by atoms with van der Waals surface area (Å²) in [6.07, 6.45) is 2.23. The van der Waals surface area contributed by atoms with E-state index in [4.69, 9.17) is 11.6 Å². The summed E-state index contributed by atoms with van der Waals surface area (Å²) in [5, 5.41) is 3.52. The number of nitrogens with one attached hydrogen (secondary N) is 1. The molecule has 2 aliphatic heterocycles. The average molecular weight is 351 g/mol. The molecule has 0 spiro atoms. The van der Waals surface area contributed by atoms with Crippen LogP contribution in [0.15, 0.2) is 24.3 Å². The van der Waals surface area contributed by atoms with Crippen LogP contribution in [0.2, 0.25) is 5.02 Å². The van der Waals surface area contributed by atoms with Crippen molar-refractivity contribution in [3.8, 4) is 0 Å². The number of amides is 3. The summed E-state index contributed by atoms with van der Waals surface area (Å²) in [7, 11) is 0. The topological polar surface area (TPSA) is 55.9 Å². The standard InChI is InChI=1S/C17H23ClN4O2/c18-14-3-5-15(6-4-14)19-17(24)22-11-9-20(10-12-22)13-16(23)21-7-1-2-8-21/h3-6H,1-2,7-13H2,(H,19,24). The largest absolute Gasteiger partial charge is 0.342 e. The molecule has 0 radical (unpaired) electrons. The summed E-state index contributed by atoms with van der Waals surface area (Å²) < 4.78 is 0. The van der Waals surface area contributed by atoms with Gasteiger partial charge < -0.3 is 15.1 Å². The Labute approximate surface area is 147 Å². The molecule has 0 atom stereocenters. The maximum absolute atomic E-state index is 12.3. The third-order valence-corrected chi connectivity index (χ3v) is 4.82. The maximum Gasteiger partial charge on any atom is 0.321 e. The molecule has 0 aromatic heterocycles. The van der Waals surface area contributed by atoms with Crippen LogP contribution in [0.3, 0.4) is 0 Å². The smallest absolute Gasteiger partial charge is 0.321 e. The lowest BCUT2D eigenvalue weighted by Crippen LogP contribution is -2.52. The molecule has 1 aromatic rings. The van der Waals surface area contributed by atoms with Crippen molar-refractivity contribution in [2.24, 2.45) is 0 Å². The van der Waals surface area contributed by atoms with Crippen molar-refractivity contribution in [1.82, 2.24) is 14.7 Å². The molecule has 6 nitrogen and oxygen atoms in total. The number of benzene rings is 1. The summed E-state index contributed by atoms with van der Waals surface area (Å²) in [5.41, 5.74) is 0.732. The number of carbonyl (C=O) groups excluding carboxylic acids is 2. The second-order valence-corrected chi connectivity index (χ2v) is 6.72. The molecule has 3 rings (SSSR count). The van der Waals surface area contributed by atoms with Gasteiger partial charge in [-0.1, -0.05) is 11.6 Å². The first kappa shape index (κ1) is 17.0. The molecule has 2 aliphatic rings. The van der Waals surface area contributed by atoms with Gasteiger partial charge >= 0.3 is 6.03 Å². The SMILES string of the molecule is O=C(CN1CCN(C(=O)Nc2ccc(Cl)cc2)CC1)N1CCCC1. The number of likely N-dealkylation sites (tertiary alicyclic amines) is 1. The van der Waals surface area contributed by atoms with E-state index in [0.717, 1.165) is 44.7 Å². The van der Waals surface area contributed by atoms with Gasteiger partial charge in [-0.25, -0.2) is 4.79 Å². The lowest BCUT2D eigenvalue weighted by Gasteiger charge is -2.35. The van der Waals surface area contributed by atoms with Gasteiger partial charge in [0.15, 0.2) is 0 Å². The van der Waals surface area contributed by atoms with Crippen molar-refractivity contribution in [2.75, 3.05) is 51.1 Å². The van der Waals surface area contributed by atoms with E-state index in [-0.39, 0.29) is 11.9 Å². The zero-order chi connectivity index (χ0) is 16.9. The highest BCUT2D eigenvalue weighted by atomic mass is 35.5. The van der Waals surface area contributed by atoms with Crippen LogP contribution in [0, 0.1) is 0 Å². The molecule has 0 bridgehead atoms. The van der Waals surface area contributed by atoms with Gasteiger partial charge in [-0.15, -0.1) is 0 Å². The molecular formula is C17H23ClN4O2. The summed E-state index contributed by atoms with van der Waals surface area (Å²) in [6, 6.07) is 6.96. The number of carbonyl (C=O) groups is 2. The number of anilines is 1. The summed E-state index contributed by atoms with van der Waals surface area (Å²) in [4.78, 5) is 30.3. The van der Waals surface area contributed by atoms with Crippen LogP contribution in [-0.2, 0) is 4.79 Å². The number of nitrogens with zero attached hydrogens (tertiary/aromatic N) is 3. The van der Waals surface area contributed by atoms with Gasteiger partial charge in [-0.05, 0) is 37.1 Å². The Balaban J connectivity index is 1.43. The highest BCUT2D eigenvalue weighted by Gasteiger charge is 2.25. The predicted molar refractivity (Wildman–Crippen MR) is 94.3 cm³/mol. The fraction of sp³-hybridized carbons (Fsp3) is 0.529. The molecule has 24 heavy (non-hydrogen) atoms. The lowest BCUT2D eigenvalue weighted by atomic mass is 10.3. The van der Waals surface area contributed by atoms with Crippen LogP contribution < -0.4 is 5.32 Å². The van der Waals surface area contributed by atoms with Crippen molar-refractivity contribution in [2.45, 2.75) is 12.8 Å². The van der Waals surface area contributed by atoms with Gasteiger partial charge in [0.25, 0.3) is 0 Å². The van der Waals surface area contributed by atoms with Gasteiger partial charge in [-0.3, -0.25) is 9.69 Å². The van der Waals surface area contributed by atoms with Crippen molar-refractivity contribution in [3.63, 3.8) is 0 Å². The third kappa shape index (κ3) is 4.39. The Morgan fingerprint density at radius 1 is 0.917 bits per heavy atom. The number of rotatable bonds is 3. The molecule has 2 fully saturated rings. The second-order valence-electron chi connectivity index (χ2n) is 6.29. The molecular weight excluding hydrogens is 328 g/mol. The van der Waals surface area contributed by atoms with Gasteiger partial charge in [0, 0.05) is 50.0 Å². The minimum atomic E-state index is -0.108. The van der Waals surface area contributed by atoms with E-state index in [0.29, 0.717) is 24.7 Å². The number of hydrogen-bond acceptors (Lipinski definition) is 3. The molecule has 0 unspecified atom stereocenters. The van der Waals surface area contributed by atoms with Crippen LogP contribution in [0.25, 0.3) is 0 Å². The average Bonchev–Trinajstić information content (AvgIpc) is 3.12. The molecule has 0 aliphatic carbocycles. The van der Waals surface area contributed by atoms with Crippen LogP contribution in [-0.4, -0.2) is 72.5 Å². The molecule has 1 N–H and O–H groups in total. The predicted octanol–water partition coefficient (Wildman–Crippen LogP) is 2.11. The zero-order valence-corrected chi connectivity index (χ0v) is 14.5. The fourth-order valence-electron chi connectivity index (χ4n) is 3.10. The second kappa shape index (κ2) is 7.85. The van der Waals surface area contributed by atoms with Crippen LogP contribution in [0.1, 0.15) is 12.8 Å². The van der Waals surface area contributed by atoms with Crippen molar-refractivity contribution >= 4 is 29.2 Å². The molecule has 1 aromatic carbocycles. The Morgan fingerprint density at radius 3 is 2.17 bits per heavy atom. The quantitative estimate of drug-likeness (QED) is 0.908. The first-order valence-electron chi connectivity index (χ1n) is 8.43. The molecule has 7 heteroatoms. The molecule has 0 saturated carbocycles. The normalized spacial score (nSPS) is 18.7. The van der Waals surface area contributed by atoms with Gasteiger partial charge in [0.05, 0.1) is 6.54 Å². The van der Waals surface area contributed by atoms with E-state index in [1.54, 1.807) is 29.2 Å². The summed E-state index contributed by atoms with van der Waals surface area (Å²) >= 11 is 5.84. The summed E-state index contributed by atoms with van der Waals surface area (Å²) in [6.45, 7) is 4.97. The van der Waals surface area contributed by atoms with E-state index in [1.165, 1.54) is 0 Å². The maximum atomic E-state index is 12.3. The van der Waals surface area contributed by atoms with Crippen molar-refractivity contribution in [1.29, 1.82) is 0 Å². The highest BCUT2D eigenvalue weighted by molar-refractivity contribution is 6.30. The number of hydrogen-bond donors (Lipinski definition) is 1. The van der Waals surface area contributed by atoms with Crippen LogP contribution >= 0.6 is 11.6 Å². The third-order valence-electron chi connectivity index (χ3n) is 4.57. The zero-order valence-electron chi connectivity index (χ0n) is 13.7. The van der Waals surface area contributed by atoms with Gasteiger partial charge in [-0.2, -0.15) is 0 Å². The van der Waals surface area contributed by atoms with Crippen LogP contribution in [0.5, 0.6) is 0 Å². The Morgan fingerprint density at radius 2 is 1.54 bits per heavy atom. The number of piperazine rings is 1.